The predicted octanol–water partition coefficient (Wildman–Crippen LogP) is 0.217. The van der Waals surface area contributed by atoms with Gasteiger partial charge in [-0.05, 0) is 20.3 Å². The Kier molecular flexibility index (Phi) is 5.66. The fourth-order valence-corrected chi connectivity index (χ4v) is 0.884. The number of amides is 1. The minimum Gasteiger partial charge on any atom is -0.385 e. The Hall–Kier alpha value is -0.610. The summed E-state index contributed by atoms with van der Waals surface area (Å²) in [4.78, 5) is 13.2. The van der Waals surface area contributed by atoms with Gasteiger partial charge in [-0.3, -0.25) is 4.79 Å². The van der Waals surface area contributed by atoms with Crippen LogP contribution < -0.4 is 5.73 Å². The van der Waals surface area contributed by atoms with Crippen LogP contribution in [0.5, 0.6) is 0 Å². The molecule has 0 saturated carbocycles. The normalized spacial score (nSPS) is 13.1. The van der Waals surface area contributed by atoms with Crippen molar-refractivity contribution in [1.82, 2.24) is 4.90 Å². The van der Waals surface area contributed by atoms with Crippen molar-refractivity contribution < 1.29 is 9.53 Å². The summed E-state index contributed by atoms with van der Waals surface area (Å²) in [5, 5.41) is 0. The van der Waals surface area contributed by atoms with Gasteiger partial charge in [0.25, 0.3) is 0 Å². The van der Waals surface area contributed by atoms with Gasteiger partial charge in [-0.2, -0.15) is 0 Å². The van der Waals surface area contributed by atoms with Gasteiger partial charge in [-0.15, -0.1) is 0 Å². The van der Waals surface area contributed by atoms with Crippen molar-refractivity contribution in [2.75, 3.05) is 20.8 Å². The number of likely N-dealkylation sites (N-methyl/N-ethyl adjacent to an activating group) is 1. The SMILES string of the molecule is COCCC(N)C(=O)N(C)C(C)C. The van der Waals surface area contributed by atoms with Gasteiger partial charge in [0.1, 0.15) is 0 Å². The van der Waals surface area contributed by atoms with Gasteiger partial charge in [0.05, 0.1) is 6.04 Å². The van der Waals surface area contributed by atoms with Crippen molar-refractivity contribution in [1.29, 1.82) is 0 Å². The Balaban J connectivity index is 3.94. The lowest BCUT2D eigenvalue weighted by molar-refractivity contribution is -0.133. The number of carbonyl (C=O) groups is 1. The lowest BCUT2D eigenvalue weighted by Gasteiger charge is -2.24. The van der Waals surface area contributed by atoms with Crippen molar-refractivity contribution >= 4 is 5.91 Å². The molecule has 0 aromatic rings. The standard InChI is InChI=1S/C9H20N2O2/c1-7(2)11(3)9(12)8(10)5-6-13-4/h7-8H,5-6,10H2,1-4H3. The molecule has 2 N–H and O–H groups in total. The summed E-state index contributed by atoms with van der Waals surface area (Å²) in [5.41, 5.74) is 5.67. The van der Waals surface area contributed by atoms with Gasteiger partial charge in [0, 0.05) is 26.8 Å². The molecule has 0 aromatic carbocycles. The molecule has 1 amide bonds. The Bertz CT molecular complexity index is 160. The van der Waals surface area contributed by atoms with E-state index in [9.17, 15) is 4.79 Å². The number of carbonyl (C=O) groups excluding carboxylic acids is 1. The molecule has 0 spiro atoms. The quantitative estimate of drug-likeness (QED) is 0.671. The first-order valence-electron chi connectivity index (χ1n) is 4.52. The van der Waals surface area contributed by atoms with E-state index in [1.807, 2.05) is 13.8 Å². The first-order chi connectivity index (χ1) is 6.00. The molecule has 0 aliphatic rings. The second-order valence-electron chi connectivity index (χ2n) is 3.43. The highest BCUT2D eigenvalue weighted by Gasteiger charge is 2.19. The van der Waals surface area contributed by atoms with E-state index in [0.29, 0.717) is 13.0 Å². The summed E-state index contributed by atoms with van der Waals surface area (Å²) in [5.74, 6) is -0.0212. The second kappa shape index (κ2) is 5.94. The van der Waals surface area contributed by atoms with Crippen LogP contribution in [0.2, 0.25) is 0 Å². The molecule has 0 rings (SSSR count). The summed E-state index contributed by atoms with van der Waals surface area (Å²) in [7, 11) is 3.36. The minimum absolute atomic E-state index is 0.0212. The van der Waals surface area contributed by atoms with E-state index in [1.54, 1.807) is 19.1 Å². The average molecular weight is 188 g/mol. The zero-order valence-corrected chi connectivity index (χ0v) is 8.91. The van der Waals surface area contributed by atoms with Crippen LogP contribution in [0.3, 0.4) is 0 Å². The van der Waals surface area contributed by atoms with E-state index < -0.39 is 6.04 Å². The van der Waals surface area contributed by atoms with Gasteiger partial charge in [0.15, 0.2) is 0 Å². The Morgan fingerprint density at radius 1 is 1.54 bits per heavy atom. The summed E-state index contributed by atoms with van der Waals surface area (Å²) in [6, 6.07) is -0.242. The highest BCUT2D eigenvalue weighted by Crippen LogP contribution is 1.99. The fourth-order valence-electron chi connectivity index (χ4n) is 0.884. The molecule has 0 aromatic heterocycles. The lowest BCUT2D eigenvalue weighted by Crippen LogP contribution is -2.45. The highest BCUT2D eigenvalue weighted by atomic mass is 16.5. The first kappa shape index (κ1) is 12.4. The Labute approximate surface area is 80.0 Å². The minimum atomic E-state index is -0.438. The van der Waals surface area contributed by atoms with E-state index >= 15 is 0 Å². The van der Waals surface area contributed by atoms with Crippen LogP contribution in [0.1, 0.15) is 20.3 Å². The molecular formula is C9H20N2O2. The Morgan fingerprint density at radius 3 is 2.46 bits per heavy atom. The highest BCUT2D eigenvalue weighted by molar-refractivity contribution is 5.81. The molecule has 0 saturated heterocycles. The number of hydrogen-bond acceptors (Lipinski definition) is 3. The van der Waals surface area contributed by atoms with Crippen molar-refractivity contribution in [2.24, 2.45) is 5.73 Å². The van der Waals surface area contributed by atoms with Gasteiger partial charge >= 0.3 is 0 Å². The molecule has 1 atom stereocenters. The van der Waals surface area contributed by atoms with E-state index in [0.717, 1.165) is 0 Å². The topological polar surface area (TPSA) is 55.6 Å². The van der Waals surface area contributed by atoms with Crippen LogP contribution in [-0.2, 0) is 9.53 Å². The number of nitrogens with zero attached hydrogens (tertiary/aromatic N) is 1. The molecule has 0 radical (unpaired) electrons. The van der Waals surface area contributed by atoms with Crippen molar-refractivity contribution in [3.63, 3.8) is 0 Å². The predicted molar refractivity (Wildman–Crippen MR) is 52.4 cm³/mol. The molecule has 0 aliphatic heterocycles. The summed E-state index contributed by atoms with van der Waals surface area (Å²) in [6.07, 6.45) is 0.576. The maximum atomic E-state index is 11.5. The van der Waals surface area contributed by atoms with Gasteiger partial charge in [0.2, 0.25) is 5.91 Å². The van der Waals surface area contributed by atoms with E-state index in [4.69, 9.17) is 10.5 Å². The molecule has 1 unspecified atom stereocenters. The third-order valence-corrected chi connectivity index (χ3v) is 2.07. The van der Waals surface area contributed by atoms with Crippen LogP contribution in [0, 0.1) is 0 Å². The molecule has 0 heterocycles. The second-order valence-corrected chi connectivity index (χ2v) is 3.43. The lowest BCUT2D eigenvalue weighted by atomic mass is 10.2. The van der Waals surface area contributed by atoms with E-state index in [1.165, 1.54) is 0 Å². The van der Waals surface area contributed by atoms with Crippen molar-refractivity contribution in [2.45, 2.75) is 32.4 Å². The fraction of sp³-hybridized carbons (Fsp3) is 0.889. The molecule has 13 heavy (non-hydrogen) atoms. The zero-order chi connectivity index (χ0) is 10.4. The third kappa shape index (κ3) is 4.24. The van der Waals surface area contributed by atoms with Crippen molar-refractivity contribution in [3.05, 3.63) is 0 Å². The van der Waals surface area contributed by atoms with Gasteiger partial charge in [-0.1, -0.05) is 0 Å². The van der Waals surface area contributed by atoms with Crippen LogP contribution >= 0.6 is 0 Å². The molecule has 78 valence electrons. The molecule has 4 nitrogen and oxygen atoms in total. The number of methoxy groups -OCH3 is 1. The summed E-state index contributed by atoms with van der Waals surface area (Å²) < 4.78 is 4.85. The molecule has 0 bridgehead atoms. The zero-order valence-electron chi connectivity index (χ0n) is 8.91. The van der Waals surface area contributed by atoms with Crippen LogP contribution in [0.25, 0.3) is 0 Å². The molecule has 4 heteroatoms. The molecule has 0 aliphatic carbocycles. The number of rotatable bonds is 5. The van der Waals surface area contributed by atoms with Crippen LogP contribution in [-0.4, -0.2) is 43.7 Å². The van der Waals surface area contributed by atoms with E-state index in [2.05, 4.69) is 0 Å². The van der Waals surface area contributed by atoms with E-state index in [-0.39, 0.29) is 11.9 Å². The first-order valence-corrected chi connectivity index (χ1v) is 4.52. The number of ether oxygens (including phenoxy) is 1. The Morgan fingerprint density at radius 2 is 2.08 bits per heavy atom. The smallest absolute Gasteiger partial charge is 0.239 e. The average Bonchev–Trinajstić information content (AvgIpc) is 2.11. The van der Waals surface area contributed by atoms with Crippen LogP contribution in [0.15, 0.2) is 0 Å². The maximum absolute atomic E-state index is 11.5. The van der Waals surface area contributed by atoms with Crippen molar-refractivity contribution in [3.8, 4) is 0 Å². The molecule has 0 fully saturated rings. The number of hydrogen-bond donors (Lipinski definition) is 1. The van der Waals surface area contributed by atoms with Gasteiger partial charge in [-0.25, -0.2) is 0 Å². The monoisotopic (exact) mass is 188 g/mol. The van der Waals surface area contributed by atoms with Gasteiger partial charge < -0.3 is 15.4 Å². The van der Waals surface area contributed by atoms with Crippen LogP contribution in [0.4, 0.5) is 0 Å². The maximum Gasteiger partial charge on any atom is 0.239 e. The largest absolute Gasteiger partial charge is 0.385 e. The summed E-state index contributed by atoms with van der Waals surface area (Å²) in [6.45, 7) is 4.45. The third-order valence-electron chi connectivity index (χ3n) is 2.07. The number of nitrogens with two attached hydrogens (primary N) is 1. The summed E-state index contributed by atoms with van der Waals surface area (Å²) >= 11 is 0. The molecular weight excluding hydrogens is 168 g/mol.